The Morgan fingerprint density at radius 1 is 1.25 bits per heavy atom. The van der Waals surface area contributed by atoms with Gasteiger partial charge in [0.1, 0.15) is 0 Å². The fourth-order valence-corrected chi connectivity index (χ4v) is 4.35. The first-order valence-corrected chi connectivity index (χ1v) is 10.0. The molecule has 3 atom stereocenters. The van der Waals surface area contributed by atoms with Gasteiger partial charge < -0.3 is 15.5 Å². The minimum absolute atomic E-state index is 0.0737. The molecule has 0 spiro atoms. The number of halogens is 1. The van der Waals surface area contributed by atoms with Crippen LogP contribution < -0.4 is 15.5 Å². The first-order valence-electron chi connectivity index (χ1n) is 9.65. The van der Waals surface area contributed by atoms with Gasteiger partial charge in [-0.3, -0.25) is 9.79 Å². The molecule has 4 rings (SSSR count). The zero-order chi connectivity index (χ0) is 19.8. The Kier molecular flexibility index (Phi) is 5.02. The summed E-state index contributed by atoms with van der Waals surface area (Å²) in [5.41, 5.74) is 4.34. The van der Waals surface area contributed by atoms with Crippen LogP contribution in [0, 0.1) is 0 Å². The van der Waals surface area contributed by atoms with Gasteiger partial charge in [-0.2, -0.15) is 0 Å². The van der Waals surface area contributed by atoms with Gasteiger partial charge in [-0.25, -0.2) is 0 Å². The van der Waals surface area contributed by atoms with Gasteiger partial charge in [-0.15, -0.1) is 0 Å². The number of carbonyl (C=O) groups is 1. The molecule has 1 amide bonds. The molecule has 2 aromatic carbocycles. The predicted octanol–water partition coefficient (Wildman–Crippen LogP) is 4.70. The van der Waals surface area contributed by atoms with E-state index in [9.17, 15) is 4.79 Å². The van der Waals surface area contributed by atoms with Gasteiger partial charge in [0.2, 0.25) is 5.91 Å². The molecule has 5 nitrogen and oxygen atoms in total. The summed E-state index contributed by atoms with van der Waals surface area (Å²) in [7, 11) is 0. The largest absolute Gasteiger partial charge is 0.378 e. The van der Waals surface area contributed by atoms with E-state index < -0.39 is 0 Å². The van der Waals surface area contributed by atoms with Crippen molar-refractivity contribution >= 4 is 34.7 Å². The summed E-state index contributed by atoms with van der Waals surface area (Å²) in [6.07, 6.45) is 0.840. The van der Waals surface area contributed by atoms with E-state index in [1.165, 1.54) is 5.56 Å². The summed E-state index contributed by atoms with van der Waals surface area (Å²) >= 11 is 6.03. The molecule has 3 unspecified atom stereocenters. The number of hydrogen-bond donors (Lipinski definition) is 2. The van der Waals surface area contributed by atoms with E-state index >= 15 is 0 Å². The van der Waals surface area contributed by atoms with Crippen molar-refractivity contribution in [2.75, 3.05) is 16.8 Å². The van der Waals surface area contributed by atoms with Crippen molar-refractivity contribution in [2.24, 2.45) is 4.99 Å². The van der Waals surface area contributed by atoms with E-state index in [-0.39, 0.29) is 24.0 Å². The quantitative estimate of drug-likeness (QED) is 0.790. The van der Waals surface area contributed by atoms with Gasteiger partial charge in [0, 0.05) is 29.4 Å². The highest BCUT2D eigenvalue weighted by molar-refractivity contribution is 6.30. The Morgan fingerprint density at radius 3 is 2.64 bits per heavy atom. The van der Waals surface area contributed by atoms with Crippen LogP contribution in [0.15, 0.2) is 47.5 Å². The van der Waals surface area contributed by atoms with Gasteiger partial charge in [0.15, 0.2) is 0 Å². The molecular formula is C22H25ClN4O. The van der Waals surface area contributed by atoms with Gasteiger partial charge >= 0.3 is 0 Å². The van der Waals surface area contributed by atoms with Crippen LogP contribution in [0.25, 0.3) is 0 Å². The SMILES string of the molecule is CC(=O)N1c2ccc(C3CN=C(C)N3)cc2C(Nc2ccc(Cl)cc2)CC1C. The summed E-state index contributed by atoms with van der Waals surface area (Å²) in [5.74, 6) is 1.04. The number of nitrogens with zero attached hydrogens (tertiary/aromatic N) is 2. The molecule has 146 valence electrons. The number of carbonyl (C=O) groups excluding carboxylic acids is 1. The number of aliphatic imine (C=N–C) groups is 1. The molecule has 0 saturated heterocycles. The number of benzene rings is 2. The third-order valence-electron chi connectivity index (χ3n) is 5.53. The van der Waals surface area contributed by atoms with Gasteiger partial charge in [0.05, 0.1) is 24.5 Å². The number of fused-ring (bicyclic) bond motifs is 1. The standard InChI is InChI=1S/C22H25ClN4O/c1-13-10-20(26-18-7-5-17(23)6-8-18)19-11-16(21-12-24-14(2)25-21)4-9-22(19)27(13)15(3)28/h4-9,11,13,20-21,26H,10,12H2,1-3H3,(H,24,25). The van der Waals surface area contributed by atoms with Crippen molar-refractivity contribution in [1.82, 2.24) is 5.32 Å². The average Bonchev–Trinajstić information content (AvgIpc) is 3.09. The van der Waals surface area contributed by atoms with Crippen molar-refractivity contribution in [1.29, 1.82) is 0 Å². The second-order valence-corrected chi connectivity index (χ2v) is 8.06. The van der Waals surface area contributed by atoms with Crippen molar-refractivity contribution in [3.05, 3.63) is 58.6 Å². The van der Waals surface area contributed by atoms with E-state index in [0.717, 1.165) is 40.8 Å². The molecule has 28 heavy (non-hydrogen) atoms. The second-order valence-electron chi connectivity index (χ2n) is 7.62. The van der Waals surface area contributed by atoms with Crippen molar-refractivity contribution in [3.8, 4) is 0 Å². The smallest absolute Gasteiger partial charge is 0.224 e. The molecule has 2 aliphatic heterocycles. The lowest BCUT2D eigenvalue weighted by atomic mass is 9.89. The average molecular weight is 397 g/mol. The predicted molar refractivity (Wildman–Crippen MR) is 115 cm³/mol. The van der Waals surface area contributed by atoms with Crippen molar-refractivity contribution < 1.29 is 4.79 Å². The first kappa shape index (κ1) is 18.8. The molecule has 2 aliphatic rings. The summed E-state index contributed by atoms with van der Waals surface area (Å²) in [6.45, 7) is 6.47. The van der Waals surface area contributed by atoms with E-state index in [4.69, 9.17) is 11.6 Å². The number of hydrogen-bond acceptors (Lipinski definition) is 4. The monoisotopic (exact) mass is 396 g/mol. The highest BCUT2D eigenvalue weighted by atomic mass is 35.5. The van der Waals surface area contributed by atoms with Crippen LogP contribution in [-0.4, -0.2) is 24.3 Å². The Morgan fingerprint density at radius 2 is 2.00 bits per heavy atom. The highest BCUT2D eigenvalue weighted by Gasteiger charge is 2.33. The lowest BCUT2D eigenvalue weighted by Crippen LogP contribution is -2.43. The third-order valence-corrected chi connectivity index (χ3v) is 5.78. The maximum atomic E-state index is 12.3. The van der Waals surface area contributed by atoms with E-state index in [1.54, 1.807) is 6.92 Å². The number of rotatable bonds is 3. The first-order chi connectivity index (χ1) is 13.4. The van der Waals surface area contributed by atoms with Crippen LogP contribution in [0.1, 0.15) is 50.4 Å². The lowest BCUT2D eigenvalue weighted by Gasteiger charge is -2.40. The van der Waals surface area contributed by atoms with E-state index in [1.807, 2.05) is 36.1 Å². The number of nitrogens with one attached hydrogen (secondary N) is 2. The summed E-state index contributed by atoms with van der Waals surface area (Å²) in [5, 5.41) is 7.78. The fraction of sp³-hybridized carbons (Fsp3) is 0.364. The normalized spacial score (nSPS) is 23.6. The molecule has 6 heteroatoms. The molecule has 0 bridgehead atoms. The van der Waals surface area contributed by atoms with Gasteiger partial charge in [-0.1, -0.05) is 17.7 Å². The Labute approximate surface area is 170 Å². The molecule has 2 N–H and O–H groups in total. The van der Waals surface area contributed by atoms with Gasteiger partial charge in [0.25, 0.3) is 0 Å². The maximum absolute atomic E-state index is 12.3. The van der Waals surface area contributed by atoms with E-state index in [0.29, 0.717) is 0 Å². The number of anilines is 2. The minimum atomic E-state index is 0.0737. The van der Waals surface area contributed by atoms with Crippen molar-refractivity contribution in [3.63, 3.8) is 0 Å². The van der Waals surface area contributed by atoms with Crippen LogP contribution >= 0.6 is 11.6 Å². The van der Waals surface area contributed by atoms with Crippen LogP contribution in [0.3, 0.4) is 0 Å². The Hall–Kier alpha value is -2.53. The fourth-order valence-electron chi connectivity index (χ4n) is 4.22. The molecule has 0 fully saturated rings. The summed E-state index contributed by atoms with van der Waals surface area (Å²) in [6, 6.07) is 14.6. The number of amidine groups is 1. The Balaban J connectivity index is 1.71. The maximum Gasteiger partial charge on any atom is 0.224 e. The minimum Gasteiger partial charge on any atom is -0.378 e. The topological polar surface area (TPSA) is 56.7 Å². The van der Waals surface area contributed by atoms with Crippen LogP contribution in [-0.2, 0) is 4.79 Å². The molecule has 0 saturated carbocycles. The zero-order valence-corrected chi connectivity index (χ0v) is 17.1. The molecule has 2 heterocycles. The Bertz CT molecular complexity index is 925. The van der Waals surface area contributed by atoms with Crippen molar-refractivity contribution in [2.45, 2.75) is 45.3 Å². The number of amides is 1. The van der Waals surface area contributed by atoms with Crippen LogP contribution in [0.4, 0.5) is 11.4 Å². The van der Waals surface area contributed by atoms with E-state index in [2.05, 4.69) is 40.7 Å². The second kappa shape index (κ2) is 7.47. The molecular weight excluding hydrogens is 372 g/mol. The molecule has 0 aromatic heterocycles. The van der Waals surface area contributed by atoms with Crippen LogP contribution in [0.2, 0.25) is 5.02 Å². The molecule has 2 aromatic rings. The van der Waals surface area contributed by atoms with Crippen LogP contribution in [0.5, 0.6) is 0 Å². The lowest BCUT2D eigenvalue weighted by molar-refractivity contribution is -0.117. The summed E-state index contributed by atoms with van der Waals surface area (Å²) < 4.78 is 0. The summed E-state index contributed by atoms with van der Waals surface area (Å²) in [4.78, 5) is 18.7. The highest BCUT2D eigenvalue weighted by Crippen LogP contribution is 2.40. The molecule has 0 aliphatic carbocycles. The third kappa shape index (κ3) is 3.59. The van der Waals surface area contributed by atoms with Gasteiger partial charge in [-0.05, 0) is 67.8 Å². The molecule has 0 radical (unpaired) electrons. The zero-order valence-electron chi connectivity index (χ0n) is 16.4.